The monoisotopic (exact) mass is 637 g/mol. The highest BCUT2D eigenvalue weighted by molar-refractivity contribution is 6.31. The molecule has 0 unspecified atom stereocenters. The Morgan fingerprint density at radius 1 is 1.14 bits per heavy atom. The number of ether oxygens (including phenoxy) is 1. The highest BCUT2D eigenvalue weighted by Crippen LogP contribution is 2.77. The minimum atomic E-state index is -1.47. The van der Waals surface area contributed by atoms with Gasteiger partial charge < -0.3 is 15.2 Å². The van der Waals surface area contributed by atoms with Crippen molar-refractivity contribution in [1.29, 1.82) is 0 Å². The number of anilines is 1. The fourth-order valence-corrected chi connectivity index (χ4v) is 9.33. The second-order valence-electron chi connectivity index (χ2n) is 13.9. The zero-order valence-electron chi connectivity index (χ0n) is 24.2. The number of carbonyl (C=O) groups is 2. The number of hydrogen-bond donors (Lipinski definition) is 2. The molecular formula is C33H36Cl2F3NO4. The molecule has 2 aromatic rings. The molecule has 2 N–H and O–H groups in total. The summed E-state index contributed by atoms with van der Waals surface area (Å²) >= 11 is 12.6. The van der Waals surface area contributed by atoms with Gasteiger partial charge >= 0.3 is 0 Å². The molecule has 1 saturated heterocycles. The van der Waals surface area contributed by atoms with E-state index >= 15 is 4.39 Å². The summed E-state index contributed by atoms with van der Waals surface area (Å²) in [7, 11) is 0. The van der Waals surface area contributed by atoms with E-state index in [-0.39, 0.29) is 60.7 Å². The van der Waals surface area contributed by atoms with Crippen LogP contribution in [0.2, 0.25) is 10.0 Å². The van der Waals surface area contributed by atoms with Crippen LogP contribution >= 0.6 is 23.2 Å². The molecule has 1 amide bonds. The van der Waals surface area contributed by atoms with Crippen molar-refractivity contribution in [1.82, 2.24) is 0 Å². The third kappa shape index (κ3) is 4.65. The molecule has 2 aromatic carbocycles. The van der Waals surface area contributed by atoms with E-state index in [9.17, 15) is 23.5 Å². The number of aliphatic hydroxyl groups is 1. The second kappa shape index (κ2) is 10.7. The van der Waals surface area contributed by atoms with Crippen molar-refractivity contribution in [3.05, 3.63) is 63.4 Å². The van der Waals surface area contributed by atoms with Crippen molar-refractivity contribution in [3.8, 4) is 0 Å². The first-order valence-electron chi connectivity index (χ1n) is 14.8. The van der Waals surface area contributed by atoms with Crippen molar-refractivity contribution in [2.45, 2.75) is 75.4 Å². The van der Waals surface area contributed by atoms with Gasteiger partial charge in [-0.2, -0.15) is 0 Å². The quantitative estimate of drug-likeness (QED) is 0.333. The van der Waals surface area contributed by atoms with E-state index in [0.29, 0.717) is 29.1 Å². The van der Waals surface area contributed by atoms with Gasteiger partial charge in [0, 0.05) is 34.4 Å². The van der Waals surface area contributed by atoms with Gasteiger partial charge in [0.1, 0.15) is 11.6 Å². The highest BCUT2D eigenvalue weighted by atomic mass is 35.5. The summed E-state index contributed by atoms with van der Waals surface area (Å²) in [5.74, 6) is -3.19. The lowest BCUT2D eigenvalue weighted by atomic mass is 9.43. The number of fused-ring (bicyclic) bond motifs is 3. The first-order chi connectivity index (χ1) is 20.3. The summed E-state index contributed by atoms with van der Waals surface area (Å²) in [5.41, 5.74) is -3.59. The Kier molecular flexibility index (Phi) is 7.72. The third-order valence-electron chi connectivity index (χ3n) is 10.7. The fourth-order valence-electron chi connectivity index (χ4n) is 8.98. The van der Waals surface area contributed by atoms with Crippen LogP contribution < -0.4 is 5.32 Å². The van der Waals surface area contributed by atoms with Gasteiger partial charge in [0.05, 0.1) is 42.1 Å². The first-order valence-corrected chi connectivity index (χ1v) is 15.6. The molecule has 0 radical (unpaired) electrons. The third-order valence-corrected chi connectivity index (χ3v) is 11.2. The summed E-state index contributed by atoms with van der Waals surface area (Å²) in [4.78, 5) is 28.7. The maximum atomic E-state index is 16.0. The molecule has 5 atom stereocenters. The van der Waals surface area contributed by atoms with Crippen LogP contribution in [-0.2, 0) is 19.7 Å². The van der Waals surface area contributed by atoms with E-state index in [0.717, 1.165) is 0 Å². The molecule has 10 heteroatoms. The van der Waals surface area contributed by atoms with E-state index in [4.69, 9.17) is 27.9 Å². The molecule has 2 saturated carbocycles. The van der Waals surface area contributed by atoms with Crippen LogP contribution in [0.4, 0.5) is 18.9 Å². The molecule has 2 heterocycles. The Morgan fingerprint density at radius 3 is 2.49 bits per heavy atom. The van der Waals surface area contributed by atoms with Gasteiger partial charge in [-0.25, -0.2) is 4.39 Å². The lowest BCUT2D eigenvalue weighted by molar-refractivity contribution is -0.143. The zero-order chi connectivity index (χ0) is 30.9. The van der Waals surface area contributed by atoms with E-state index in [2.05, 4.69) is 5.32 Å². The fraction of sp³-hybridized carbons (Fsp3) is 0.576. The molecule has 2 aliphatic carbocycles. The molecule has 2 spiro atoms. The number of hydrogen-bond acceptors (Lipinski definition) is 4. The molecule has 0 bridgehead atoms. The lowest BCUT2D eigenvalue weighted by Crippen LogP contribution is -2.61. The number of alkyl halides is 2. The molecule has 43 heavy (non-hydrogen) atoms. The van der Waals surface area contributed by atoms with Gasteiger partial charge in [0.2, 0.25) is 5.91 Å². The van der Waals surface area contributed by atoms with Crippen LogP contribution in [0.5, 0.6) is 0 Å². The van der Waals surface area contributed by atoms with E-state index in [1.807, 2.05) is 0 Å². The average molecular weight is 639 g/mol. The SMILES string of the molecule is CC(C)(O)[C@@H]1CC[C@@H](CC(=O)[C@@H]2CC3(CC(CF)(CF)C3)[C@@]3(C(=O)Nc4cc(Cl)ccc43)[C@H]2c2cccc(Cl)c2F)CO1. The maximum absolute atomic E-state index is 16.0. The van der Waals surface area contributed by atoms with E-state index in [1.165, 1.54) is 6.07 Å². The van der Waals surface area contributed by atoms with Crippen molar-refractivity contribution >= 4 is 40.6 Å². The van der Waals surface area contributed by atoms with Crippen molar-refractivity contribution < 1.29 is 32.6 Å². The van der Waals surface area contributed by atoms with Crippen LogP contribution in [0.15, 0.2) is 36.4 Å². The number of Topliss-reactive ketones (excluding diaryl/α,β-unsaturated/α-hetero) is 1. The highest BCUT2D eigenvalue weighted by Gasteiger charge is 2.77. The van der Waals surface area contributed by atoms with Crippen LogP contribution in [0.25, 0.3) is 0 Å². The van der Waals surface area contributed by atoms with Gasteiger partial charge in [-0.1, -0.05) is 41.4 Å². The van der Waals surface area contributed by atoms with Crippen molar-refractivity contribution in [3.63, 3.8) is 0 Å². The predicted octanol–water partition coefficient (Wildman–Crippen LogP) is 7.36. The number of carbonyl (C=O) groups excluding carboxylic acids is 2. The van der Waals surface area contributed by atoms with Gasteiger partial charge in [-0.3, -0.25) is 18.4 Å². The zero-order valence-corrected chi connectivity index (χ0v) is 25.7. The summed E-state index contributed by atoms with van der Waals surface area (Å²) < 4.78 is 50.6. The normalized spacial score (nSPS) is 30.7. The number of amides is 1. The Morgan fingerprint density at radius 2 is 1.86 bits per heavy atom. The van der Waals surface area contributed by atoms with Crippen molar-refractivity contribution in [2.24, 2.45) is 22.7 Å². The standard InChI is InChI=1S/C33H36Cl2F3NO4/c1-30(2,42)26-9-6-18(13-43-26)10-25(40)21-12-32(14-31(15-32,16-36)17-37)33(27(21)20-4-3-5-23(35)28(20)38)22-8-7-19(34)11-24(22)39-29(33)41/h3-5,7-8,11,18,21,26-27,42H,6,9-10,12-17H2,1-2H3,(H,39,41)/t18-,21-,26-,27-,33+/m0/s1. The van der Waals surface area contributed by atoms with Crippen LogP contribution in [-0.4, -0.2) is 48.5 Å². The first kappa shape index (κ1) is 30.9. The summed E-state index contributed by atoms with van der Waals surface area (Å²) in [6.45, 7) is 1.87. The van der Waals surface area contributed by atoms with Gasteiger partial charge in [-0.15, -0.1) is 0 Å². The molecule has 0 aromatic heterocycles. The average Bonchev–Trinajstić information content (AvgIpc) is 3.41. The summed E-state index contributed by atoms with van der Waals surface area (Å²) in [6, 6.07) is 9.54. The van der Waals surface area contributed by atoms with Crippen molar-refractivity contribution in [2.75, 3.05) is 25.3 Å². The number of rotatable bonds is 7. The summed E-state index contributed by atoms with van der Waals surface area (Å²) in [5, 5.41) is 13.6. The Labute approximate surface area is 259 Å². The molecule has 4 aliphatic rings. The topological polar surface area (TPSA) is 75.6 Å². The number of benzene rings is 2. The molecule has 5 nitrogen and oxygen atoms in total. The van der Waals surface area contributed by atoms with E-state index in [1.54, 1.807) is 44.2 Å². The smallest absolute Gasteiger partial charge is 0.236 e. The Hall–Kier alpha value is -2.13. The molecule has 2 aliphatic heterocycles. The number of nitrogens with one attached hydrogen (secondary N) is 1. The van der Waals surface area contributed by atoms with E-state index < -0.39 is 58.8 Å². The van der Waals surface area contributed by atoms with Gasteiger partial charge in [-0.05, 0) is 86.6 Å². The van der Waals surface area contributed by atoms with Gasteiger partial charge in [0.25, 0.3) is 0 Å². The van der Waals surface area contributed by atoms with Crippen LogP contribution in [0.1, 0.15) is 69.4 Å². The second-order valence-corrected chi connectivity index (χ2v) is 14.7. The summed E-state index contributed by atoms with van der Waals surface area (Å²) in [6.07, 6.45) is 1.31. The largest absolute Gasteiger partial charge is 0.388 e. The predicted molar refractivity (Wildman–Crippen MR) is 158 cm³/mol. The molecule has 6 rings (SSSR count). The number of halogens is 5. The molecule has 3 fully saturated rings. The van der Waals surface area contributed by atoms with Crippen LogP contribution in [0.3, 0.4) is 0 Å². The minimum Gasteiger partial charge on any atom is -0.388 e. The molecular weight excluding hydrogens is 602 g/mol. The van der Waals surface area contributed by atoms with Gasteiger partial charge in [0.15, 0.2) is 0 Å². The van der Waals surface area contributed by atoms with Crippen LogP contribution in [0, 0.1) is 28.5 Å². The molecule has 232 valence electrons. The maximum Gasteiger partial charge on any atom is 0.236 e. The Balaban J connectivity index is 1.46. The lowest BCUT2D eigenvalue weighted by Gasteiger charge is -2.59. The number of ketones is 1. The Bertz CT molecular complexity index is 1440. The minimum absolute atomic E-state index is 0.0464.